The molecule has 1 aliphatic rings. The highest BCUT2D eigenvalue weighted by atomic mass is 35.5. The van der Waals surface area contributed by atoms with Crippen molar-refractivity contribution < 1.29 is 9.53 Å². The van der Waals surface area contributed by atoms with Crippen LogP contribution in [-0.4, -0.2) is 37.1 Å². The molecule has 0 saturated carbocycles. The zero-order chi connectivity index (χ0) is 13.1. The predicted molar refractivity (Wildman–Crippen MR) is 71.8 cm³/mol. The van der Waals surface area contributed by atoms with Gasteiger partial charge >= 0.3 is 0 Å². The third-order valence-electron chi connectivity index (χ3n) is 3.30. The van der Waals surface area contributed by atoms with Crippen LogP contribution in [0.25, 0.3) is 0 Å². The quantitative estimate of drug-likeness (QED) is 0.837. The Labute approximate surface area is 112 Å². The number of carbonyl (C=O) groups is 1. The van der Waals surface area contributed by atoms with Gasteiger partial charge in [-0.25, -0.2) is 0 Å². The number of rotatable bonds is 2. The number of carbonyl (C=O) groups excluding carboxylic acids is 1. The van der Waals surface area contributed by atoms with Crippen molar-refractivity contribution in [3.05, 3.63) is 28.8 Å². The standard InChI is InChI=1S/C13H17ClN2O2/c1-16(10-4-6-18-7-5-10)13(17)11-3-2-9(14)8-12(11)15/h2-3,8,10H,4-7,15H2,1H3. The van der Waals surface area contributed by atoms with E-state index in [2.05, 4.69) is 0 Å². The van der Waals surface area contributed by atoms with Gasteiger partial charge in [0, 0.05) is 37.0 Å². The van der Waals surface area contributed by atoms with Crippen molar-refractivity contribution in [1.82, 2.24) is 4.90 Å². The van der Waals surface area contributed by atoms with Gasteiger partial charge in [-0.05, 0) is 31.0 Å². The summed E-state index contributed by atoms with van der Waals surface area (Å²) < 4.78 is 5.29. The summed E-state index contributed by atoms with van der Waals surface area (Å²) in [4.78, 5) is 14.1. The predicted octanol–water partition coefficient (Wildman–Crippen LogP) is 2.17. The van der Waals surface area contributed by atoms with Gasteiger partial charge < -0.3 is 15.4 Å². The molecule has 2 N–H and O–H groups in total. The molecule has 1 saturated heterocycles. The smallest absolute Gasteiger partial charge is 0.255 e. The van der Waals surface area contributed by atoms with Crippen molar-refractivity contribution in [2.24, 2.45) is 0 Å². The number of hydrogen-bond donors (Lipinski definition) is 1. The molecular formula is C13H17ClN2O2. The van der Waals surface area contributed by atoms with Gasteiger partial charge in [-0.15, -0.1) is 0 Å². The van der Waals surface area contributed by atoms with E-state index >= 15 is 0 Å². The highest BCUT2D eigenvalue weighted by Crippen LogP contribution is 2.22. The van der Waals surface area contributed by atoms with Crippen LogP contribution in [0, 0.1) is 0 Å². The van der Waals surface area contributed by atoms with E-state index in [0.717, 1.165) is 12.8 Å². The van der Waals surface area contributed by atoms with Gasteiger partial charge in [-0.1, -0.05) is 11.6 Å². The Balaban J connectivity index is 2.14. The van der Waals surface area contributed by atoms with Crippen LogP contribution in [0.3, 0.4) is 0 Å². The Morgan fingerprint density at radius 3 is 2.72 bits per heavy atom. The van der Waals surface area contributed by atoms with Gasteiger partial charge in [0.2, 0.25) is 0 Å². The maximum Gasteiger partial charge on any atom is 0.255 e. The van der Waals surface area contributed by atoms with E-state index in [-0.39, 0.29) is 11.9 Å². The van der Waals surface area contributed by atoms with Crippen LogP contribution in [-0.2, 0) is 4.74 Å². The van der Waals surface area contributed by atoms with E-state index in [1.54, 1.807) is 23.1 Å². The summed E-state index contributed by atoms with van der Waals surface area (Å²) in [7, 11) is 1.81. The van der Waals surface area contributed by atoms with Gasteiger partial charge in [-0.3, -0.25) is 4.79 Å². The van der Waals surface area contributed by atoms with E-state index in [0.29, 0.717) is 29.5 Å². The number of nitrogen functional groups attached to an aromatic ring is 1. The second kappa shape index (κ2) is 5.59. The lowest BCUT2D eigenvalue weighted by Crippen LogP contribution is -2.40. The van der Waals surface area contributed by atoms with E-state index in [1.165, 1.54) is 0 Å². The lowest BCUT2D eigenvalue weighted by Gasteiger charge is -2.31. The molecule has 1 aromatic rings. The molecule has 0 aromatic heterocycles. The minimum atomic E-state index is -0.0592. The summed E-state index contributed by atoms with van der Waals surface area (Å²) in [5.41, 5.74) is 6.76. The SMILES string of the molecule is CN(C(=O)c1ccc(Cl)cc1N)C1CCOCC1. The summed E-state index contributed by atoms with van der Waals surface area (Å²) in [5.74, 6) is -0.0592. The number of halogens is 1. The number of amides is 1. The summed E-state index contributed by atoms with van der Waals surface area (Å²) >= 11 is 5.83. The highest BCUT2D eigenvalue weighted by Gasteiger charge is 2.24. The highest BCUT2D eigenvalue weighted by molar-refractivity contribution is 6.31. The molecule has 0 unspecified atom stereocenters. The molecule has 1 aliphatic heterocycles. The van der Waals surface area contributed by atoms with E-state index < -0.39 is 0 Å². The first-order chi connectivity index (χ1) is 8.59. The number of hydrogen-bond acceptors (Lipinski definition) is 3. The third kappa shape index (κ3) is 2.76. The molecule has 0 atom stereocenters. The topological polar surface area (TPSA) is 55.6 Å². The molecule has 4 nitrogen and oxygen atoms in total. The van der Waals surface area contributed by atoms with E-state index in [4.69, 9.17) is 22.1 Å². The molecule has 18 heavy (non-hydrogen) atoms. The fourth-order valence-corrected chi connectivity index (χ4v) is 2.34. The molecule has 0 spiro atoms. The van der Waals surface area contributed by atoms with Crippen LogP contribution < -0.4 is 5.73 Å². The van der Waals surface area contributed by atoms with Gasteiger partial charge in [0.25, 0.3) is 5.91 Å². The van der Waals surface area contributed by atoms with Crippen molar-refractivity contribution >= 4 is 23.2 Å². The average molecular weight is 269 g/mol. The zero-order valence-electron chi connectivity index (χ0n) is 10.4. The minimum absolute atomic E-state index is 0.0592. The van der Waals surface area contributed by atoms with Gasteiger partial charge in [-0.2, -0.15) is 0 Å². The molecule has 1 amide bonds. The first-order valence-corrected chi connectivity index (χ1v) is 6.37. The second-order valence-electron chi connectivity index (χ2n) is 4.49. The Morgan fingerprint density at radius 2 is 2.11 bits per heavy atom. The van der Waals surface area contributed by atoms with Gasteiger partial charge in [0.05, 0.1) is 5.56 Å². The Hall–Kier alpha value is -1.26. The maximum atomic E-state index is 12.3. The lowest BCUT2D eigenvalue weighted by atomic mass is 10.1. The first kappa shape index (κ1) is 13.2. The lowest BCUT2D eigenvalue weighted by molar-refractivity contribution is 0.0362. The van der Waals surface area contributed by atoms with Crippen LogP contribution in [0.2, 0.25) is 5.02 Å². The summed E-state index contributed by atoms with van der Waals surface area (Å²) in [6.45, 7) is 1.41. The number of benzene rings is 1. The second-order valence-corrected chi connectivity index (χ2v) is 4.93. The van der Waals surface area contributed by atoms with Crippen molar-refractivity contribution in [2.45, 2.75) is 18.9 Å². The van der Waals surface area contributed by atoms with Crippen LogP contribution in [0.5, 0.6) is 0 Å². The van der Waals surface area contributed by atoms with E-state index in [9.17, 15) is 4.79 Å². The molecular weight excluding hydrogens is 252 g/mol. The van der Waals surface area contributed by atoms with Crippen LogP contribution in [0.4, 0.5) is 5.69 Å². The van der Waals surface area contributed by atoms with Crippen molar-refractivity contribution in [3.63, 3.8) is 0 Å². The monoisotopic (exact) mass is 268 g/mol. The molecule has 0 bridgehead atoms. The number of ether oxygens (including phenoxy) is 1. The summed E-state index contributed by atoms with van der Waals surface area (Å²) in [5, 5.41) is 0.540. The zero-order valence-corrected chi connectivity index (χ0v) is 11.1. The fraction of sp³-hybridized carbons (Fsp3) is 0.462. The van der Waals surface area contributed by atoms with Crippen LogP contribution >= 0.6 is 11.6 Å². The number of nitrogens with zero attached hydrogens (tertiary/aromatic N) is 1. The Bertz CT molecular complexity index is 445. The summed E-state index contributed by atoms with van der Waals surface area (Å²) in [6.07, 6.45) is 1.74. The molecule has 2 rings (SSSR count). The van der Waals surface area contributed by atoms with Crippen molar-refractivity contribution in [3.8, 4) is 0 Å². The van der Waals surface area contributed by atoms with Crippen molar-refractivity contribution in [1.29, 1.82) is 0 Å². The molecule has 1 aromatic carbocycles. The summed E-state index contributed by atoms with van der Waals surface area (Å²) in [6, 6.07) is 5.19. The number of nitrogens with two attached hydrogens (primary N) is 1. The average Bonchev–Trinajstić information content (AvgIpc) is 2.38. The van der Waals surface area contributed by atoms with Gasteiger partial charge in [0.15, 0.2) is 0 Å². The third-order valence-corrected chi connectivity index (χ3v) is 3.54. The van der Waals surface area contributed by atoms with Crippen molar-refractivity contribution in [2.75, 3.05) is 26.0 Å². The molecule has 1 fully saturated rings. The van der Waals surface area contributed by atoms with Crippen LogP contribution in [0.15, 0.2) is 18.2 Å². The molecule has 0 radical (unpaired) electrons. The Morgan fingerprint density at radius 1 is 1.44 bits per heavy atom. The first-order valence-electron chi connectivity index (χ1n) is 5.99. The molecule has 0 aliphatic carbocycles. The molecule has 1 heterocycles. The van der Waals surface area contributed by atoms with E-state index in [1.807, 2.05) is 7.05 Å². The molecule has 98 valence electrons. The van der Waals surface area contributed by atoms with Crippen LogP contribution in [0.1, 0.15) is 23.2 Å². The fourth-order valence-electron chi connectivity index (χ4n) is 2.16. The van der Waals surface area contributed by atoms with Gasteiger partial charge in [0.1, 0.15) is 0 Å². The largest absolute Gasteiger partial charge is 0.398 e. The minimum Gasteiger partial charge on any atom is -0.398 e. The normalized spacial score (nSPS) is 16.6. The Kier molecular flexibility index (Phi) is 4.09. The number of anilines is 1. The molecule has 5 heteroatoms. The maximum absolute atomic E-state index is 12.3.